The molecule has 30 heavy (non-hydrogen) atoms. The molecule has 0 radical (unpaired) electrons. The molecule has 1 amide bonds. The third-order valence-electron chi connectivity index (χ3n) is 5.41. The standard InChI is InChI=1S/C19H23FN4O3S3/c20-13-4-3-5-14(10-13)21-18-22-23-19(29-18)28-11-17(25)24(15-6-1-2-7-15)16-8-9-30(26,27)12-16/h3-5,10,15-16H,1-2,6-9,11-12H2,(H,21,22)/t16-/m0/s1. The van der Waals surface area contributed by atoms with Crippen molar-refractivity contribution in [1.82, 2.24) is 15.1 Å². The van der Waals surface area contributed by atoms with Crippen molar-refractivity contribution in [1.29, 1.82) is 0 Å². The number of nitrogens with zero attached hydrogens (tertiary/aromatic N) is 3. The minimum Gasteiger partial charge on any atom is -0.335 e. The first-order chi connectivity index (χ1) is 14.4. The summed E-state index contributed by atoms with van der Waals surface area (Å²) < 4.78 is 37.8. The van der Waals surface area contributed by atoms with E-state index >= 15 is 0 Å². The van der Waals surface area contributed by atoms with E-state index < -0.39 is 9.84 Å². The highest BCUT2D eigenvalue weighted by Gasteiger charge is 2.38. The number of hydrogen-bond donors (Lipinski definition) is 1. The number of anilines is 2. The topological polar surface area (TPSA) is 92.3 Å². The molecule has 0 unspecified atom stereocenters. The fourth-order valence-corrected chi connectivity index (χ4v) is 7.44. The highest BCUT2D eigenvalue weighted by Crippen LogP contribution is 2.32. The maximum Gasteiger partial charge on any atom is 0.233 e. The number of hydrogen-bond acceptors (Lipinski definition) is 8. The molecule has 1 aliphatic carbocycles. The summed E-state index contributed by atoms with van der Waals surface area (Å²) in [4.78, 5) is 14.9. The predicted molar refractivity (Wildman–Crippen MR) is 116 cm³/mol. The molecule has 2 fully saturated rings. The van der Waals surface area contributed by atoms with Crippen LogP contribution >= 0.6 is 23.1 Å². The zero-order chi connectivity index (χ0) is 21.1. The van der Waals surface area contributed by atoms with Crippen LogP contribution in [0.2, 0.25) is 0 Å². The highest BCUT2D eigenvalue weighted by atomic mass is 32.2. The van der Waals surface area contributed by atoms with Gasteiger partial charge in [0.15, 0.2) is 14.2 Å². The van der Waals surface area contributed by atoms with Gasteiger partial charge in [0.05, 0.1) is 17.3 Å². The Balaban J connectivity index is 1.38. The van der Waals surface area contributed by atoms with E-state index in [0.29, 0.717) is 21.6 Å². The number of nitrogens with one attached hydrogen (secondary N) is 1. The zero-order valence-corrected chi connectivity index (χ0v) is 18.7. The number of halogens is 1. The lowest BCUT2D eigenvalue weighted by molar-refractivity contribution is -0.132. The average Bonchev–Trinajstić information content (AvgIpc) is 3.43. The van der Waals surface area contributed by atoms with Crippen LogP contribution in [-0.4, -0.2) is 58.8 Å². The van der Waals surface area contributed by atoms with E-state index in [2.05, 4.69) is 15.5 Å². The summed E-state index contributed by atoms with van der Waals surface area (Å²) in [6.45, 7) is 0. The van der Waals surface area contributed by atoms with Gasteiger partial charge in [-0.3, -0.25) is 4.79 Å². The van der Waals surface area contributed by atoms with Gasteiger partial charge in [0.2, 0.25) is 11.0 Å². The molecule has 1 aliphatic heterocycles. The van der Waals surface area contributed by atoms with Crippen molar-refractivity contribution in [2.24, 2.45) is 0 Å². The number of rotatable bonds is 7. The summed E-state index contributed by atoms with van der Waals surface area (Å²) in [5, 5.41) is 11.7. The van der Waals surface area contributed by atoms with Gasteiger partial charge in [0.25, 0.3) is 0 Å². The number of carbonyl (C=O) groups is 1. The van der Waals surface area contributed by atoms with Gasteiger partial charge in [0, 0.05) is 17.8 Å². The van der Waals surface area contributed by atoms with E-state index in [1.165, 1.54) is 35.2 Å². The predicted octanol–water partition coefficient (Wildman–Crippen LogP) is 3.47. The van der Waals surface area contributed by atoms with Gasteiger partial charge in [-0.2, -0.15) is 0 Å². The van der Waals surface area contributed by atoms with Crippen molar-refractivity contribution < 1.29 is 17.6 Å². The molecule has 2 aliphatic rings. The second-order valence-corrected chi connectivity index (χ2v) is 12.0. The van der Waals surface area contributed by atoms with Crippen LogP contribution in [-0.2, 0) is 14.6 Å². The third-order valence-corrected chi connectivity index (χ3v) is 9.12. The second-order valence-electron chi connectivity index (χ2n) is 7.59. The fraction of sp³-hybridized carbons (Fsp3) is 0.526. The quantitative estimate of drug-likeness (QED) is 0.620. The molecular weight excluding hydrogens is 447 g/mol. The molecule has 2 aromatic rings. The third kappa shape index (κ3) is 5.30. The summed E-state index contributed by atoms with van der Waals surface area (Å²) in [6, 6.07) is 5.99. The molecular formula is C19H23FN4O3S3. The van der Waals surface area contributed by atoms with E-state index in [-0.39, 0.29) is 41.1 Å². The van der Waals surface area contributed by atoms with E-state index in [4.69, 9.17) is 0 Å². The van der Waals surface area contributed by atoms with Gasteiger partial charge in [-0.1, -0.05) is 42.0 Å². The summed E-state index contributed by atoms with van der Waals surface area (Å²) in [5.74, 6) is 0.0454. The average molecular weight is 471 g/mol. The fourth-order valence-electron chi connectivity index (χ4n) is 4.09. The maximum absolute atomic E-state index is 13.3. The van der Waals surface area contributed by atoms with E-state index in [9.17, 15) is 17.6 Å². The lowest BCUT2D eigenvalue weighted by Gasteiger charge is -2.34. The van der Waals surface area contributed by atoms with Gasteiger partial charge in [-0.05, 0) is 37.5 Å². The Kier molecular flexibility index (Phi) is 6.59. The van der Waals surface area contributed by atoms with Crippen LogP contribution in [0.15, 0.2) is 28.6 Å². The molecule has 7 nitrogen and oxygen atoms in total. The van der Waals surface area contributed by atoms with Crippen molar-refractivity contribution in [3.05, 3.63) is 30.1 Å². The summed E-state index contributed by atoms with van der Waals surface area (Å²) in [6.07, 6.45) is 4.55. The van der Waals surface area contributed by atoms with Gasteiger partial charge >= 0.3 is 0 Å². The molecule has 1 saturated heterocycles. The molecule has 162 valence electrons. The first-order valence-corrected chi connectivity index (χ1v) is 13.5. The van der Waals surface area contributed by atoms with Crippen LogP contribution in [0.3, 0.4) is 0 Å². The largest absolute Gasteiger partial charge is 0.335 e. The van der Waals surface area contributed by atoms with Gasteiger partial charge in [0.1, 0.15) is 5.82 Å². The Morgan fingerprint density at radius 1 is 1.23 bits per heavy atom. The number of benzene rings is 1. The molecule has 2 heterocycles. The van der Waals surface area contributed by atoms with Gasteiger partial charge in [-0.15, -0.1) is 10.2 Å². The molecule has 11 heteroatoms. The number of thioether (sulfide) groups is 1. The van der Waals surface area contributed by atoms with Crippen LogP contribution in [0.5, 0.6) is 0 Å². The minimum absolute atomic E-state index is 0.0381. The Bertz CT molecular complexity index is 1010. The lowest BCUT2D eigenvalue weighted by Crippen LogP contribution is -2.47. The highest BCUT2D eigenvalue weighted by molar-refractivity contribution is 8.01. The van der Waals surface area contributed by atoms with Crippen LogP contribution in [0.25, 0.3) is 0 Å². The molecule has 1 atom stereocenters. The van der Waals surface area contributed by atoms with Crippen molar-refractivity contribution in [3.63, 3.8) is 0 Å². The summed E-state index contributed by atoms with van der Waals surface area (Å²) in [7, 11) is -3.06. The Hall–Kier alpha value is -1.72. The Morgan fingerprint density at radius 2 is 2.03 bits per heavy atom. The monoisotopic (exact) mass is 470 g/mol. The normalized spacial score (nSPS) is 21.0. The first kappa shape index (κ1) is 21.5. The van der Waals surface area contributed by atoms with Crippen molar-refractivity contribution in [2.45, 2.75) is 48.5 Å². The molecule has 1 saturated carbocycles. The number of carbonyl (C=O) groups excluding carboxylic acids is 1. The Labute approximate surface area is 183 Å². The molecule has 0 spiro atoms. The number of amides is 1. The van der Waals surface area contributed by atoms with Gasteiger partial charge in [-0.25, -0.2) is 12.8 Å². The smallest absolute Gasteiger partial charge is 0.233 e. The molecule has 4 rings (SSSR count). The zero-order valence-electron chi connectivity index (χ0n) is 16.3. The lowest BCUT2D eigenvalue weighted by atomic mass is 10.1. The first-order valence-electron chi connectivity index (χ1n) is 9.90. The molecule has 0 bridgehead atoms. The molecule has 1 N–H and O–H groups in total. The van der Waals surface area contributed by atoms with Crippen LogP contribution < -0.4 is 5.32 Å². The van der Waals surface area contributed by atoms with E-state index in [1.807, 2.05) is 4.90 Å². The van der Waals surface area contributed by atoms with E-state index in [0.717, 1.165) is 25.7 Å². The molecule has 1 aromatic heterocycles. The van der Waals surface area contributed by atoms with Crippen molar-refractivity contribution in [3.8, 4) is 0 Å². The SMILES string of the molecule is O=C(CSc1nnc(Nc2cccc(F)c2)s1)N(C1CCCC1)[C@H]1CCS(=O)(=O)C1. The van der Waals surface area contributed by atoms with Gasteiger partial charge < -0.3 is 10.2 Å². The number of sulfone groups is 1. The number of aromatic nitrogens is 2. The van der Waals surface area contributed by atoms with Crippen molar-refractivity contribution in [2.75, 3.05) is 22.6 Å². The van der Waals surface area contributed by atoms with Crippen LogP contribution in [0.1, 0.15) is 32.1 Å². The summed E-state index contributed by atoms with van der Waals surface area (Å²) >= 11 is 2.59. The van der Waals surface area contributed by atoms with Crippen molar-refractivity contribution >= 4 is 49.7 Å². The second kappa shape index (κ2) is 9.19. The minimum atomic E-state index is -3.06. The van der Waals surface area contributed by atoms with Crippen LogP contribution in [0.4, 0.5) is 15.2 Å². The maximum atomic E-state index is 13.3. The van der Waals surface area contributed by atoms with Crippen LogP contribution in [0, 0.1) is 5.82 Å². The molecule has 1 aromatic carbocycles. The van der Waals surface area contributed by atoms with E-state index in [1.54, 1.807) is 12.1 Å². The Morgan fingerprint density at radius 3 is 2.73 bits per heavy atom. The summed E-state index contributed by atoms with van der Waals surface area (Å²) in [5.41, 5.74) is 0.577.